The molecule has 0 aliphatic carbocycles. The van der Waals surface area contributed by atoms with Crippen LogP contribution >= 0.6 is 11.8 Å². The van der Waals surface area contributed by atoms with Crippen LogP contribution in [0, 0.1) is 0 Å². The van der Waals surface area contributed by atoms with E-state index in [0.29, 0.717) is 6.61 Å². The van der Waals surface area contributed by atoms with Gasteiger partial charge in [0.1, 0.15) is 5.75 Å². The summed E-state index contributed by atoms with van der Waals surface area (Å²) in [6, 6.07) is 13.8. The number of nitrogens with two attached hydrogens (primary N) is 1. The first-order valence-electron chi connectivity index (χ1n) is 6.85. The second-order valence-electron chi connectivity index (χ2n) is 4.65. The van der Waals surface area contributed by atoms with Gasteiger partial charge < -0.3 is 15.5 Å². The van der Waals surface area contributed by atoms with Crippen LogP contribution in [-0.4, -0.2) is 16.6 Å². The number of imidazole rings is 1. The number of fused-ring (bicyclic) bond motifs is 1. The first kappa shape index (κ1) is 13.8. The van der Waals surface area contributed by atoms with Crippen LogP contribution < -0.4 is 10.5 Å². The fourth-order valence-corrected chi connectivity index (χ4v) is 3.01. The molecule has 1 heterocycles. The van der Waals surface area contributed by atoms with Crippen molar-refractivity contribution in [1.29, 1.82) is 0 Å². The van der Waals surface area contributed by atoms with Gasteiger partial charge in [-0.05, 0) is 31.2 Å². The van der Waals surface area contributed by atoms with E-state index in [0.717, 1.165) is 33.4 Å². The summed E-state index contributed by atoms with van der Waals surface area (Å²) in [5.74, 6) is 1.75. The van der Waals surface area contributed by atoms with E-state index in [9.17, 15) is 0 Å². The average Bonchev–Trinajstić information content (AvgIpc) is 2.88. The van der Waals surface area contributed by atoms with Gasteiger partial charge in [0, 0.05) is 17.0 Å². The van der Waals surface area contributed by atoms with Crippen LogP contribution in [0.25, 0.3) is 11.0 Å². The summed E-state index contributed by atoms with van der Waals surface area (Å²) in [6.07, 6.45) is 0. The summed E-state index contributed by atoms with van der Waals surface area (Å²) >= 11 is 1.66. The molecule has 0 saturated carbocycles. The third-order valence-corrected chi connectivity index (χ3v) is 4.04. The molecule has 0 spiro atoms. The zero-order chi connectivity index (χ0) is 14.7. The monoisotopic (exact) mass is 299 g/mol. The molecule has 3 N–H and O–H groups in total. The van der Waals surface area contributed by atoms with Crippen molar-refractivity contribution in [3.63, 3.8) is 0 Å². The lowest BCUT2D eigenvalue weighted by Gasteiger charge is -2.08. The van der Waals surface area contributed by atoms with Crippen molar-refractivity contribution >= 4 is 28.5 Å². The minimum Gasteiger partial charge on any atom is -0.494 e. The maximum absolute atomic E-state index is 5.78. The second kappa shape index (κ2) is 6.10. The maximum Gasteiger partial charge on any atom is 0.166 e. The molecule has 0 amide bonds. The molecule has 0 saturated heterocycles. The lowest BCUT2D eigenvalue weighted by atomic mass is 10.2. The van der Waals surface area contributed by atoms with E-state index in [4.69, 9.17) is 10.5 Å². The van der Waals surface area contributed by atoms with Crippen molar-refractivity contribution in [1.82, 2.24) is 9.97 Å². The van der Waals surface area contributed by atoms with E-state index >= 15 is 0 Å². The molecule has 0 radical (unpaired) electrons. The van der Waals surface area contributed by atoms with Crippen molar-refractivity contribution in [3.05, 3.63) is 48.0 Å². The van der Waals surface area contributed by atoms with Gasteiger partial charge >= 0.3 is 0 Å². The molecule has 0 fully saturated rings. The Morgan fingerprint density at radius 1 is 1.24 bits per heavy atom. The molecular weight excluding hydrogens is 282 g/mol. The highest BCUT2D eigenvalue weighted by Crippen LogP contribution is 2.28. The number of aromatic amines is 1. The van der Waals surface area contributed by atoms with Gasteiger partial charge in [-0.3, -0.25) is 0 Å². The number of benzene rings is 2. The van der Waals surface area contributed by atoms with E-state index in [1.54, 1.807) is 11.8 Å². The number of para-hydroxylation sites is 1. The largest absolute Gasteiger partial charge is 0.494 e. The van der Waals surface area contributed by atoms with Crippen molar-refractivity contribution < 1.29 is 4.74 Å². The lowest BCUT2D eigenvalue weighted by Crippen LogP contribution is -1.95. The number of H-pyrrole nitrogens is 1. The maximum atomic E-state index is 5.78. The topological polar surface area (TPSA) is 63.9 Å². The van der Waals surface area contributed by atoms with E-state index in [1.807, 2.05) is 43.3 Å². The molecule has 0 unspecified atom stereocenters. The Morgan fingerprint density at radius 3 is 2.95 bits per heavy atom. The van der Waals surface area contributed by atoms with E-state index in [2.05, 4.69) is 16.0 Å². The summed E-state index contributed by atoms with van der Waals surface area (Å²) < 4.78 is 5.64. The summed E-state index contributed by atoms with van der Waals surface area (Å²) in [5, 5.41) is 0.891. The van der Waals surface area contributed by atoms with Crippen LogP contribution in [0.5, 0.6) is 5.75 Å². The fraction of sp³-hybridized carbons (Fsp3) is 0.188. The number of hydrogen-bond acceptors (Lipinski definition) is 4. The Kier molecular flexibility index (Phi) is 4.01. The van der Waals surface area contributed by atoms with Crippen molar-refractivity contribution in [3.8, 4) is 5.75 Å². The van der Waals surface area contributed by atoms with Crippen LogP contribution in [0.3, 0.4) is 0 Å². The molecule has 108 valence electrons. The van der Waals surface area contributed by atoms with Crippen LogP contribution in [0.4, 0.5) is 5.69 Å². The highest BCUT2D eigenvalue weighted by Gasteiger charge is 2.07. The van der Waals surface area contributed by atoms with E-state index in [-0.39, 0.29) is 0 Å². The van der Waals surface area contributed by atoms with E-state index < -0.39 is 0 Å². The summed E-state index contributed by atoms with van der Waals surface area (Å²) in [5.41, 5.74) is 9.59. The zero-order valence-corrected chi connectivity index (χ0v) is 12.6. The van der Waals surface area contributed by atoms with Crippen LogP contribution in [0.15, 0.2) is 47.6 Å². The molecule has 0 aliphatic heterocycles. The molecule has 0 atom stereocenters. The minimum atomic E-state index is 0.672. The Labute approximate surface area is 127 Å². The zero-order valence-electron chi connectivity index (χ0n) is 11.8. The van der Waals surface area contributed by atoms with Gasteiger partial charge in [-0.25, -0.2) is 4.98 Å². The number of aromatic nitrogens is 2. The number of ether oxygens (including phenoxy) is 1. The van der Waals surface area contributed by atoms with Crippen molar-refractivity contribution in [2.75, 3.05) is 12.3 Å². The minimum absolute atomic E-state index is 0.672. The van der Waals surface area contributed by atoms with Gasteiger partial charge in [0.15, 0.2) is 5.16 Å². The number of anilines is 1. The predicted molar refractivity (Wildman–Crippen MR) is 87.7 cm³/mol. The number of nitrogens with one attached hydrogen (secondary N) is 1. The summed E-state index contributed by atoms with van der Waals surface area (Å²) in [7, 11) is 0. The molecule has 5 heteroatoms. The highest BCUT2D eigenvalue weighted by atomic mass is 32.2. The lowest BCUT2D eigenvalue weighted by molar-refractivity contribution is 0.337. The number of nitrogen functional groups attached to an aromatic ring is 1. The van der Waals surface area contributed by atoms with Gasteiger partial charge in [0.05, 0.1) is 17.6 Å². The van der Waals surface area contributed by atoms with Crippen LogP contribution in [0.2, 0.25) is 0 Å². The number of hydrogen-bond donors (Lipinski definition) is 2. The third kappa shape index (κ3) is 3.13. The van der Waals surface area contributed by atoms with Gasteiger partial charge in [-0.2, -0.15) is 0 Å². The van der Waals surface area contributed by atoms with Crippen molar-refractivity contribution in [2.24, 2.45) is 0 Å². The Balaban J connectivity index is 1.77. The van der Waals surface area contributed by atoms with Crippen LogP contribution in [-0.2, 0) is 5.75 Å². The van der Waals surface area contributed by atoms with Gasteiger partial charge in [0.25, 0.3) is 0 Å². The van der Waals surface area contributed by atoms with Crippen molar-refractivity contribution in [2.45, 2.75) is 17.8 Å². The molecule has 4 nitrogen and oxygen atoms in total. The van der Waals surface area contributed by atoms with E-state index in [1.165, 1.54) is 5.56 Å². The predicted octanol–water partition coefficient (Wildman–Crippen LogP) is 3.84. The summed E-state index contributed by atoms with van der Waals surface area (Å²) in [4.78, 5) is 7.84. The molecule has 2 aromatic carbocycles. The first-order valence-corrected chi connectivity index (χ1v) is 7.83. The average molecular weight is 299 g/mol. The van der Waals surface area contributed by atoms with Gasteiger partial charge in [-0.15, -0.1) is 0 Å². The number of rotatable bonds is 5. The molecule has 3 aromatic rings. The Bertz CT molecular complexity index is 754. The molecule has 21 heavy (non-hydrogen) atoms. The molecule has 1 aromatic heterocycles. The number of thioether (sulfide) groups is 1. The quantitative estimate of drug-likeness (QED) is 0.555. The first-order chi connectivity index (χ1) is 10.3. The fourth-order valence-electron chi connectivity index (χ4n) is 2.14. The number of nitrogens with zero attached hydrogens (tertiary/aromatic N) is 1. The Hall–Kier alpha value is -2.14. The highest BCUT2D eigenvalue weighted by molar-refractivity contribution is 7.98. The SMILES string of the molecule is CCOc1ccccc1CSc1nc2ccc(N)cc2[nH]1. The molecule has 0 aliphatic rings. The Morgan fingerprint density at radius 2 is 2.10 bits per heavy atom. The third-order valence-electron chi connectivity index (χ3n) is 3.12. The van der Waals surface area contributed by atoms with Crippen LogP contribution in [0.1, 0.15) is 12.5 Å². The molecule has 0 bridgehead atoms. The summed E-state index contributed by atoms with van der Waals surface area (Å²) in [6.45, 7) is 2.67. The second-order valence-corrected chi connectivity index (χ2v) is 5.61. The smallest absolute Gasteiger partial charge is 0.166 e. The van der Waals surface area contributed by atoms with Gasteiger partial charge in [-0.1, -0.05) is 30.0 Å². The molecule has 3 rings (SSSR count). The molecular formula is C16H17N3OS. The standard InChI is InChI=1S/C16H17N3OS/c1-2-20-15-6-4-3-5-11(15)10-21-16-18-13-8-7-12(17)9-14(13)19-16/h3-9H,2,10,17H2,1H3,(H,18,19). The normalized spacial score (nSPS) is 10.9. The van der Waals surface area contributed by atoms with Gasteiger partial charge in [0.2, 0.25) is 0 Å².